The number of benzene rings is 1. The van der Waals surface area contributed by atoms with Gasteiger partial charge in [0.25, 0.3) is 0 Å². The molecule has 0 aromatic heterocycles. The number of hydrogen-bond acceptors (Lipinski definition) is 2. The van der Waals surface area contributed by atoms with Crippen molar-refractivity contribution >= 4 is 24.0 Å². The SMILES string of the molecule is CC(N)CCC(=O)Nc1ccc(C(C)C)cc1.Cl. The molecule has 1 aromatic carbocycles. The Labute approximate surface area is 116 Å². The fraction of sp³-hybridized carbons (Fsp3) is 0.500. The number of anilines is 1. The second-order valence-electron chi connectivity index (χ2n) is 4.84. The van der Waals surface area contributed by atoms with Crippen LogP contribution in [-0.4, -0.2) is 11.9 Å². The molecule has 0 fully saturated rings. The molecule has 0 aliphatic rings. The van der Waals surface area contributed by atoms with Crippen molar-refractivity contribution in [1.82, 2.24) is 0 Å². The molecule has 0 saturated heterocycles. The molecule has 0 bridgehead atoms. The lowest BCUT2D eigenvalue weighted by Crippen LogP contribution is -2.19. The van der Waals surface area contributed by atoms with Gasteiger partial charge in [-0.25, -0.2) is 0 Å². The Morgan fingerprint density at radius 1 is 1.22 bits per heavy atom. The second kappa shape index (κ2) is 8.11. The topological polar surface area (TPSA) is 55.1 Å². The summed E-state index contributed by atoms with van der Waals surface area (Å²) in [5.41, 5.74) is 7.73. The number of amides is 1. The van der Waals surface area contributed by atoms with Gasteiger partial charge in [0.2, 0.25) is 5.91 Å². The molecule has 3 N–H and O–H groups in total. The Hall–Kier alpha value is -1.06. The van der Waals surface area contributed by atoms with Crippen molar-refractivity contribution in [2.75, 3.05) is 5.32 Å². The van der Waals surface area contributed by atoms with E-state index in [2.05, 4.69) is 19.2 Å². The van der Waals surface area contributed by atoms with Crippen LogP contribution < -0.4 is 11.1 Å². The highest BCUT2D eigenvalue weighted by atomic mass is 35.5. The Morgan fingerprint density at radius 3 is 2.22 bits per heavy atom. The lowest BCUT2D eigenvalue weighted by atomic mass is 10.0. The number of nitrogens with two attached hydrogens (primary N) is 1. The third kappa shape index (κ3) is 6.03. The van der Waals surface area contributed by atoms with E-state index in [0.717, 1.165) is 12.1 Å². The van der Waals surface area contributed by atoms with Gasteiger partial charge in [0.1, 0.15) is 0 Å². The fourth-order valence-corrected chi connectivity index (χ4v) is 1.53. The summed E-state index contributed by atoms with van der Waals surface area (Å²) in [6.45, 7) is 6.21. The molecule has 1 aromatic rings. The smallest absolute Gasteiger partial charge is 0.224 e. The van der Waals surface area contributed by atoms with Crippen molar-refractivity contribution in [3.05, 3.63) is 29.8 Å². The minimum absolute atomic E-state index is 0. The van der Waals surface area contributed by atoms with Crippen molar-refractivity contribution in [2.24, 2.45) is 5.73 Å². The maximum Gasteiger partial charge on any atom is 0.224 e. The number of rotatable bonds is 5. The summed E-state index contributed by atoms with van der Waals surface area (Å²) in [4.78, 5) is 11.6. The monoisotopic (exact) mass is 270 g/mol. The molecule has 1 rings (SSSR count). The zero-order chi connectivity index (χ0) is 12.8. The average Bonchev–Trinajstić information content (AvgIpc) is 2.27. The van der Waals surface area contributed by atoms with Crippen LogP contribution in [0.25, 0.3) is 0 Å². The van der Waals surface area contributed by atoms with Gasteiger partial charge in [-0.15, -0.1) is 12.4 Å². The number of carbonyl (C=O) groups is 1. The zero-order valence-electron chi connectivity index (χ0n) is 11.3. The fourth-order valence-electron chi connectivity index (χ4n) is 1.53. The molecule has 0 aliphatic carbocycles. The lowest BCUT2D eigenvalue weighted by Gasteiger charge is -2.09. The van der Waals surface area contributed by atoms with Crippen LogP contribution >= 0.6 is 12.4 Å². The van der Waals surface area contributed by atoms with E-state index in [0.29, 0.717) is 12.3 Å². The first-order chi connectivity index (χ1) is 7.99. The van der Waals surface area contributed by atoms with Crippen molar-refractivity contribution in [1.29, 1.82) is 0 Å². The first-order valence-electron chi connectivity index (χ1n) is 6.14. The van der Waals surface area contributed by atoms with E-state index in [1.165, 1.54) is 5.56 Å². The molecular formula is C14H23ClN2O. The molecule has 1 unspecified atom stereocenters. The molecular weight excluding hydrogens is 248 g/mol. The maximum absolute atomic E-state index is 11.6. The first-order valence-corrected chi connectivity index (χ1v) is 6.14. The van der Waals surface area contributed by atoms with Gasteiger partial charge < -0.3 is 11.1 Å². The van der Waals surface area contributed by atoms with Gasteiger partial charge in [0.05, 0.1) is 0 Å². The van der Waals surface area contributed by atoms with E-state index in [9.17, 15) is 4.79 Å². The van der Waals surface area contributed by atoms with Crippen LogP contribution in [0.15, 0.2) is 24.3 Å². The van der Waals surface area contributed by atoms with Gasteiger partial charge >= 0.3 is 0 Å². The highest BCUT2D eigenvalue weighted by Crippen LogP contribution is 2.17. The first kappa shape index (κ1) is 16.9. The molecule has 1 amide bonds. The average molecular weight is 271 g/mol. The van der Waals surface area contributed by atoms with Gasteiger partial charge in [-0.1, -0.05) is 26.0 Å². The highest BCUT2D eigenvalue weighted by Gasteiger charge is 2.04. The molecule has 0 radical (unpaired) electrons. The highest BCUT2D eigenvalue weighted by molar-refractivity contribution is 5.90. The summed E-state index contributed by atoms with van der Waals surface area (Å²) in [6.07, 6.45) is 1.19. The summed E-state index contributed by atoms with van der Waals surface area (Å²) in [5, 5.41) is 2.87. The normalized spacial score (nSPS) is 11.8. The van der Waals surface area contributed by atoms with Gasteiger partial charge in [-0.05, 0) is 37.0 Å². The summed E-state index contributed by atoms with van der Waals surface area (Å²) < 4.78 is 0. The van der Waals surface area contributed by atoms with Crippen LogP contribution in [0.2, 0.25) is 0 Å². The van der Waals surface area contributed by atoms with Crippen LogP contribution in [0.5, 0.6) is 0 Å². The van der Waals surface area contributed by atoms with E-state index in [-0.39, 0.29) is 24.4 Å². The second-order valence-corrected chi connectivity index (χ2v) is 4.84. The van der Waals surface area contributed by atoms with Crippen LogP contribution in [0.1, 0.15) is 45.1 Å². The van der Waals surface area contributed by atoms with Crippen molar-refractivity contribution < 1.29 is 4.79 Å². The molecule has 1 atom stereocenters. The number of hydrogen-bond donors (Lipinski definition) is 2. The summed E-state index contributed by atoms with van der Waals surface area (Å²) in [5.74, 6) is 0.539. The van der Waals surface area contributed by atoms with Crippen LogP contribution in [-0.2, 0) is 4.79 Å². The third-order valence-corrected chi connectivity index (χ3v) is 2.69. The third-order valence-electron chi connectivity index (χ3n) is 2.69. The zero-order valence-corrected chi connectivity index (χ0v) is 12.1. The molecule has 0 heterocycles. The largest absolute Gasteiger partial charge is 0.328 e. The standard InChI is InChI=1S/C14H22N2O.ClH/c1-10(2)12-5-7-13(8-6-12)16-14(17)9-4-11(3)15;/h5-8,10-11H,4,9,15H2,1-3H3,(H,16,17);1H. The summed E-state index contributed by atoms with van der Waals surface area (Å²) >= 11 is 0. The maximum atomic E-state index is 11.6. The molecule has 0 spiro atoms. The molecule has 18 heavy (non-hydrogen) atoms. The molecule has 102 valence electrons. The Morgan fingerprint density at radius 2 is 1.78 bits per heavy atom. The van der Waals surface area contributed by atoms with E-state index in [1.807, 2.05) is 31.2 Å². The van der Waals surface area contributed by atoms with Crippen LogP contribution in [0, 0.1) is 0 Å². The number of halogens is 1. The Kier molecular flexibility index (Phi) is 7.64. The minimum atomic E-state index is 0. The molecule has 0 saturated carbocycles. The molecule has 0 aliphatic heterocycles. The van der Waals surface area contributed by atoms with E-state index in [4.69, 9.17) is 5.73 Å². The van der Waals surface area contributed by atoms with E-state index >= 15 is 0 Å². The number of nitrogens with one attached hydrogen (secondary N) is 1. The Balaban J connectivity index is 0.00000289. The molecule has 3 nitrogen and oxygen atoms in total. The number of carbonyl (C=O) groups excluding carboxylic acids is 1. The van der Waals surface area contributed by atoms with Crippen LogP contribution in [0.3, 0.4) is 0 Å². The van der Waals surface area contributed by atoms with E-state index < -0.39 is 0 Å². The quantitative estimate of drug-likeness (QED) is 0.863. The van der Waals surface area contributed by atoms with Gasteiger partial charge in [-0.2, -0.15) is 0 Å². The van der Waals surface area contributed by atoms with Crippen molar-refractivity contribution in [2.45, 2.75) is 45.6 Å². The van der Waals surface area contributed by atoms with Gasteiger partial charge in [-0.3, -0.25) is 4.79 Å². The van der Waals surface area contributed by atoms with Crippen molar-refractivity contribution in [3.63, 3.8) is 0 Å². The summed E-state index contributed by atoms with van der Waals surface area (Å²) in [7, 11) is 0. The predicted octanol–water partition coefficient (Wildman–Crippen LogP) is 3.30. The minimum Gasteiger partial charge on any atom is -0.328 e. The predicted molar refractivity (Wildman–Crippen MR) is 79.3 cm³/mol. The summed E-state index contributed by atoms with van der Waals surface area (Å²) in [6, 6.07) is 8.06. The molecule has 4 heteroatoms. The Bertz CT molecular complexity index is 361. The van der Waals surface area contributed by atoms with E-state index in [1.54, 1.807) is 0 Å². The van der Waals surface area contributed by atoms with Crippen LogP contribution in [0.4, 0.5) is 5.69 Å². The van der Waals surface area contributed by atoms with Crippen molar-refractivity contribution in [3.8, 4) is 0 Å². The van der Waals surface area contributed by atoms with Gasteiger partial charge in [0, 0.05) is 18.2 Å². The van der Waals surface area contributed by atoms with Gasteiger partial charge in [0.15, 0.2) is 0 Å². The lowest BCUT2D eigenvalue weighted by molar-refractivity contribution is -0.116.